The summed E-state index contributed by atoms with van der Waals surface area (Å²) in [5, 5.41) is 3.04. The van der Waals surface area contributed by atoms with Crippen LogP contribution in [0, 0.1) is 6.92 Å². The van der Waals surface area contributed by atoms with Gasteiger partial charge in [-0.1, -0.05) is 30.3 Å². The molecule has 1 saturated heterocycles. The Morgan fingerprint density at radius 2 is 2.00 bits per heavy atom. The summed E-state index contributed by atoms with van der Waals surface area (Å²) in [6.07, 6.45) is 3.81. The molecule has 0 radical (unpaired) electrons. The van der Waals surface area contributed by atoms with Gasteiger partial charge in [0.25, 0.3) is 0 Å². The quantitative estimate of drug-likeness (QED) is 0.497. The molecular formula is C25H36N4O3. The van der Waals surface area contributed by atoms with Gasteiger partial charge in [0.1, 0.15) is 0 Å². The van der Waals surface area contributed by atoms with Crippen LogP contribution in [0.1, 0.15) is 36.9 Å². The smallest absolute Gasteiger partial charge is 0.338 e. The van der Waals surface area contributed by atoms with E-state index < -0.39 is 6.04 Å². The lowest BCUT2D eigenvalue weighted by Crippen LogP contribution is -2.52. The van der Waals surface area contributed by atoms with E-state index in [1.54, 1.807) is 17.9 Å². The van der Waals surface area contributed by atoms with Crippen molar-refractivity contribution in [2.45, 2.75) is 38.8 Å². The second-order valence-electron chi connectivity index (χ2n) is 8.67. The minimum Gasteiger partial charge on any atom is -0.463 e. The number of rotatable bonds is 8. The van der Waals surface area contributed by atoms with Crippen LogP contribution in [0.3, 0.4) is 0 Å². The molecule has 32 heavy (non-hydrogen) atoms. The maximum atomic E-state index is 13.3. The molecule has 1 atom stereocenters. The van der Waals surface area contributed by atoms with Gasteiger partial charge < -0.3 is 15.0 Å². The highest BCUT2D eigenvalue weighted by molar-refractivity contribution is 5.95. The minimum atomic E-state index is -0.551. The van der Waals surface area contributed by atoms with E-state index in [9.17, 15) is 9.59 Å². The predicted octanol–water partition coefficient (Wildman–Crippen LogP) is 3.09. The Balaban J connectivity index is 2.06. The van der Waals surface area contributed by atoms with Crippen LogP contribution in [0.15, 0.2) is 48.2 Å². The zero-order valence-corrected chi connectivity index (χ0v) is 19.8. The van der Waals surface area contributed by atoms with Crippen LogP contribution in [0.4, 0.5) is 4.79 Å². The molecule has 1 fully saturated rings. The Kier molecular flexibility index (Phi) is 8.10. The molecule has 2 amide bonds. The monoisotopic (exact) mass is 440 g/mol. The van der Waals surface area contributed by atoms with Gasteiger partial charge in [-0.3, -0.25) is 9.80 Å². The lowest BCUT2D eigenvalue weighted by molar-refractivity contribution is -0.139. The molecule has 0 saturated carbocycles. The zero-order chi connectivity index (χ0) is 23.3. The summed E-state index contributed by atoms with van der Waals surface area (Å²) in [6.45, 7) is 10.8. The van der Waals surface area contributed by atoms with Gasteiger partial charge in [0.2, 0.25) is 0 Å². The standard InChI is InChI=1S/C25H36N4O3/c1-6-14-29-21(17-28(5)19-12-15-27(4)16-13-19)22(24(30)32-7-2)23(26-25(29)31)20-11-9-8-10-18(20)3/h6,8-11,19,23H,1,7,12-17H2,2-5H3,(H,26,31). The second-order valence-corrected chi connectivity index (χ2v) is 8.67. The van der Waals surface area contributed by atoms with Gasteiger partial charge in [-0.05, 0) is 65.0 Å². The topological polar surface area (TPSA) is 65.1 Å². The van der Waals surface area contributed by atoms with E-state index in [1.165, 1.54) is 0 Å². The first kappa shape index (κ1) is 24.0. The van der Waals surface area contributed by atoms with E-state index in [-0.39, 0.29) is 18.6 Å². The first-order valence-corrected chi connectivity index (χ1v) is 11.4. The summed E-state index contributed by atoms with van der Waals surface area (Å²) in [5.74, 6) is -0.387. The van der Waals surface area contributed by atoms with E-state index in [0.29, 0.717) is 30.4 Å². The SMILES string of the molecule is C=CCN1C(=O)NC(c2ccccc2C)C(C(=O)OCC)=C1CN(C)C1CCN(C)CC1. The number of urea groups is 1. The van der Waals surface area contributed by atoms with Crippen molar-refractivity contribution in [2.24, 2.45) is 0 Å². The molecule has 1 N–H and O–H groups in total. The lowest BCUT2D eigenvalue weighted by Gasteiger charge is -2.40. The molecule has 1 unspecified atom stereocenters. The lowest BCUT2D eigenvalue weighted by atomic mass is 9.91. The number of carbonyl (C=O) groups excluding carboxylic acids is 2. The van der Waals surface area contributed by atoms with Gasteiger partial charge >= 0.3 is 12.0 Å². The second kappa shape index (κ2) is 10.8. The summed E-state index contributed by atoms with van der Waals surface area (Å²) < 4.78 is 5.48. The third-order valence-electron chi connectivity index (χ3n) is 6.46. The van der Waals surface area contributed by atoms with Crippen LogP contribution in [0.2, 0.25) is 0 Å². The van der Waals surface area contributed by atoms with Crippen LogP contribution in [0.5, 0.6) is 0 Å². The Hall–Kier alpha value is -2.64. The predicted molar refractivity (Wildman–Crippen MR) is 126 cm³/mol. The number of carbonyl (C=O) groups is 2. The zero-order valence-electron chi connectivity index (χ0n) is 19.8. The number of esters is 1. The summed E-state index contributed by atoms with van der Waals surface area (Å²) in [6, 6.07) is 7.46. The average molecular weight is 441 g/mol. The van der Waals surface area contributed by atoms with Crippen molar-refractivity contribution in [2.75, 3.05) is 46.9 Å². The van der Waals surface area contributed by atoms with E-state index in [2.05, 4.69) is 35.8 Å². The molecule has 2 heterocycles. The molecule has 1 aromatic carbocycles. The van der Waals surface area contributed by atoms with Gasteiger partial charge in [-0.2, -0.15) is 0 Å². The largest absolute Gasteiger partial charge is 0.463 e. The minimum absolute atomic E-state index is 0.224. The van der Waals surface area contributed by atoms with Crippen LogP contribution >= 0.6 is 0 Å². The summed E-state index contributed by atoms with van der Waals surface area (Å²) in [4.78, 5) is 32.7. The average Bonchev–Trinajstić information content (AvgIpc) is 2.76. The fraction of sp³-hybridized carbons (Fsp3) is 0.520. The number of hydrogen-bond acceptors (Lipinski definition) is 5. The van der Waals surface area contributed by atoms with E-state index in [1.807, 2.05) is 31.2 Å². The van der Waals surface area contributed by atoms with Gasteiger partial charge in [-0.15, -0.1) is 6.58 Å². The maximum Gasteiger partial charge on any atom is 0.338 e. The van der Waals surface area contributed by atoms with E-state index >= 15 is 0 Å². The normalized spacial score (nSPS) is 20.5. The Morgan fingerprint density at radius 3 is 2.62 bits per heavy atom. The van der Waals surface area contributed by atoms with Gasteiger partial charge in [0, 0.05) is 24.8 Å². The molecule has 0 aromatic heterocycles. The summed E-state index contributed by atoms with van der Waals surface area (Å²) in [5.41, 5.74) is 3.12. The van der Waals surface area contributed by atoms with Gasteiger partial charge in [0.15, 0.2) is 0 Å². The Labute approximate surface area is 191 Å². The van der Waals surface area contributed by atoms with E-state index in [0.717, 1.165) is 37.1 Å². The van der Waals surface area contributed by atoms with Crippen molar-refractivity contribution in [3.05, 3.63) is 59.3 Å². The Bertz CT molecular complexity index is 874. The van der Waals surface area contributed by atoms with Crippen molar-refractivity contribution in [3.8, 4) is 0 Å². The van der Waals surface area contributed by atoms with Crippen molar-refractivity contribution >= 4 is 12.0 Å². The first-order valence-electron chi connectivity index (χ1n) is 11.4. The fourth-order valence-corrected chi connectivity index (χ4v) is 4.59. The number of amides is 2. The molecule has 3 rings (SSSR count). The molecule has 1 aromatic rings. The molecule has 7 nitrogen and oxygen atoms in total. The Morgan fingerprint density at radius 1 is 1.31 bits per heavy atom. The number of hydrogen-bond donors (Lipinski definition) is 1. The molecule has 174 valence electrons. The molecule has 2 aliphatic heterocycles. The molecular weight excluding hydrogens is 404 g/mol. The van der Waals surface area contributed by atoms with Crippen LogP contribution in [-0.4, -0.2) is 79.6 Å². The number of ether oxygens (including phenoxy) is 1. The molecule has 0 aliphatic carbocycles. The molecule has 0 spiro atoms. The summed E-state index contributed by atoms with van der Waals surface area (Å²) >= 11 is 0. The first-order chi connectivity index (χ1) is 15.4. The van der Waals surface area contributed by atoms with Crippen molar-refractivity contribution in [3.63, 3.8) is 0 Å². The number of aryl methyl sites for hydroxylation is 1. The van der Waals surface area contributed by atoms with Gasteiger partial charge in [0.05, 0.1) is 18.2 Å². The fourth-order valence-electron chi connectivity index (χ4n) is 4.59. The van der Waals surface area contributed by atoms with Crippen molar-refractivity contribution < 1.29 is 14.3 Å². The van der Waals surface area contributed by atoms with Crippen LogP contribution in [0.25, 0.3) is 0 Å². The van der Waals surface area contributed by atoms with Crippen molar-refractivity contribution in [1.29, 1.82) is 0 Å². The molecule has 2 aliphatic rings. The van der Waals surface area contributed by atoms with Crippen molar-refractivity contribution in [1.82, 2.24) is 20.0 Å². The highest BCUT2D eigenvalue weighted by atomic mass is 16.5. The number of likely N-dealkylation sites (tertiary alicyclic amines) is 1. The van der Waals surface area contributed by atoms with E-state index in [4.69, 9.17) is 4.74 Å². The third kappa shape index (κ3) is 5.22. The van der Waals surface area contributed by atoms with Crippen LogP contribution < -0.4 is 5.32 Å². The highest BCUT2D eigenvalue weighted by Crippen LogP contribution is 2.34. The number of piperidine rings is 1. The number of likely N-dealkylation sites (N-methyl/N-ethyl adjacent to an activating group) is 1. The van der Waals surface area contributed by atoms with Gasteiger partial charge in [-0.25, -0.2) is 9.59 Å². The number of benzene rings is 1. The highest BCUT2D eigenvalue weighted by Gasteiger charge is 2.39. The maximum absolute atomic E-state index is 13.3. The number of nitrogens with one attached hydrogen (secondary N) is 1. The summed E-state index contributed by atoms with van der Waals surface area (Å²) in [7, 11) is 4.22. The van der Waals surface area contributed by atoms with Crippen LogP contribution in [-0.2, 0) is 9.53 Å². The molecule has 0 bridgehead atoms. The third-order valence-corrected chi connectivity index (χ3v) is 6.46. The molecule has 7 heteroatoms. The number of nitrogens with zero attached hydrogens (tertiary/aromatic N) is 3.